The second-order valence-electron chi connectivity index (χ2n) is 4.08. The van der Waals surface area contributed by atoms with Gasteiger partial charge in [-0.25, -0.2) is 8.78 Å². The highest BCUT2D eigenvalue weighted by Crippen LogP contribution is 2.25. The van der Waals surface area contributed by atoms with Crippen LogP contribution in [0.4, 0.5) is 8.78 Å². The molecule has 0 saturated carbocycles. The molecule has 1 aromatic carbocycles. The van der Waals surface area contributed by atoms with Crippen LogP contribution < -0.4 is 5.73 Å². The van der Waals surface area contributed by atoms with Gasteiger partial charge in [-0.1, -0.05) is 19.9 Å². The van der Waals surface area contributed by atoms with Crippen molar-refractivity contribution in [2.24, 2.45) is 5.73 Å². The molecule has 1 atom stereocenters. The van der Waals surface area contributed by atoms with E-state index in [0.717, 1.165) is 0 Å². The Morgan fingerprint density at radius 3 is 2.50 bits per heavy atom. The lowest BCUT2D eigenvalue weighted by Crippen LogP contribution is -2.18. The summed E-state index contributed by atoms with van der Waals surface area (Å²) in [6.45, 7) is 5.67. The van der Waals surface area contributed by atoms with Crippen LogP contribution in [-0.2, 0) is 0 Å². The molecule has 0 aromatic heterocycles. The summed E-state index contributed by atoms with van der Waals surface area (Å²) in [6.07, 6.45) is 0. The lowest BCUT2D eigenvalue weighted by Gasteiger charge is -2.16. The van der Waals surface area contributed by atoms with Crippen LogP contribution in [0.25, 0.3) is 0 Å². The smallest absolute Gasteiger partial charge is 0.133 e. The molecule has 0 bridgehead atoms. The SMILES string of the molecule is Cc1ccc(F)c(C(N)CSC(C)C)c1F. The molecule has 0 saturated heterocycles. The van der Waals surface area contributed by atoms with Gasteiger partial charge in [0.05, 0.1) is 0 Å². The van der Waals surface area contributed by atoms with Crippen molar-refractivity contribution < 1.29 is 8.78 Å². The first-order valence-electron chi connectivity index (χ1n) is 5.25. The minimum absolute atomic E-state index is 0.00755. The zero-order valence-electron chi connectivity index (χ0n) is 9.76. The number of nitrogens with two attached hydrogens (primary N) is 1. The van der Waals surface area contributed by atoms with Gasteiger partial charge < -0.3 is 5.73 Å². The fourth-order valence-electron chi connectivity index (χ4n) is 1.40. The topological polar surface area (TPSA) is 26.0 Å². The molecule has 0 fully saturated rings. The van der Waals surface area contributed by atoms with E-state index in [-0.39, 0.29) is 5.56 Å². The molecule has 1 aromatic rings. The second-order valence-corrected chi connectivity index (χ2v) is 5.69. The van der Waals surface area contributed by atoms with Crippen LogP contribution in [0.2, 0.25) is 0 Å². The average molecular weight is 245 g/mol. The average Bonchev–Trinajstić information content (AvgIpc) is 2.21. The molecule has 0 spiro atoms. The highest BCUT2D eigenvalue weighted by molar-refractivity contribution is 7.99. The molecule has 1 rings (SSSR count). The maximum absolute atomic E-state index is 13.7. The van der Waals surface area contributed by atoms with Crippen LogP contribution >= 0.6 is 11.8 Å². The van der Waals surface area contributed by atoms with Gasteiger partial charge in [-0.2, -0.15) is 11.8 Å². The molecule has 2 N–H and O–H groups in total. The number of benzene rings is 1. The zero-order valence-corrected chi connectivity index (χ0v) is 10.6. The third-order valence-corrected chi connectivity index (χ3v) is 3.52. The molecule has 0 amide bonds. The van der Waals surface area contributed by atoms with Crippen molar-refractivity contribution in [3.05, 3.63) is 34.9 Å². The third kappa shape index (κ3) is 3.19. The summed E-state index contributed by atoms with van der Waals surface area (Å²) in [7, 11) is 0. The van der Waals surface area contributed by atoms with Crippen LogP contribution in [-0.4, -0.2) is 11.0 Å². The molecule has 1 nitrogen and oxygen atoms in total. The van der Waals surface area contributed by atoms with E-state index >= 15 is 0 Å². The number of aryl methyl sites for hydroxylation is 1. The highest BCUT2D eigenvalue weighted by atomic mass is 32.2. The summed E-state index contributed by atoms with van der Waals surface area (Å²) in [5, 5.41) is 0.405. The van der Waals surface area contributed by atoms with Gasteiger partial charge in [0.25, 0.3) is 0 Å². The van der Waals surface area contributed by atoms with Gasteiger partial charge in [0, 0.05) is 17.4 Å². The van der Waals surface area contributed by atoms with E-state index in [9.17, 15) is 8.78 Å². The summed E-state index contributed by atoms with van der Waals surface area (Å²) in [6, 6.07) is 2.11. The summed E-state index contributed by atoms with van der Waals surface area (Å²) in [5.41, 5.74) is 6.25. The van der Waals surface area contributed by atoms with Crippen molar-refractivity contribution in [3.8, 4) is 0 Å². The van der Waals surface area contributed by atoms with Crippen molar-refractivity contribution in [2.45, 2.75) is 32.1 Å². The normalized spacial score (nSPS) is 13.2. The Labute approximate surface area is 99.4 Å². The number of halogens is 2. The first-order valence-corrected chi connectivity index (χ1v) is 6.30. The maximum Gasteiger partial charge on any atom is 0.133 e. The number of thioether (sulfide) groups is 1. The van der Waals surface area contributed by atoms with Gasteiger partial charge in [0.2, 0.25) is 0 Å². The molecule has 4 heteroatoms. The van der Waals surface area contributed by atoms with Crippen LogP contribution in [0.5, 0.6) is 0 Å². The molecule has 0 aliphatic carbocycles. The lowest BCUT2D eigenvalue weighted by molar-refractivity contribution is 0.533. The quantitative estimate of drug-likeness (QED) is 0.879. The molecule has 90 valence electrons. The van der Waals surface area contributed by atoms with E-state index in [2.05, 4.69) is 0 Å². The Morgan fingerprint density at radius 2 is 1.94 bits per heavy atom. The van der Waals surface area contributed by atoms with E-state index in [1.165, 1.54) is 12.1 Å². The highest BCUT2D eigenvalue weighted by Gasteiger charge is 2.18. The largest absolute Gasteiger partial charge is 0.323 e. The molecule has 1 unspecified atom stereocenters. The summed E-state index contributed by atoms with van der Waals surface area (Å²) in [4.78, 5) is 0. The van der Waals surface area contributed by atoms with Crippen molar-refractivity contribution in [3.63, 3.8) is 0 Å². The van der Waals surface area contributed by atoms with E-state index < -0.39 is 17.7 Å². The van der Waals surface area contributed by atoms with E-state index in [1.54, 1.807) is 18.7 Å². The predicted octanol–water partition coefficient (Wildman–Crippen LogP) is 3.41. The fraction of sp³-hybridized carbons (Fsp3) is 0.500. The number of hydrogen-bond acceptors (Lipinski definition) is 2. The van der Waals surface area contributed by atoms with Gasteiger partial charge in [0.1, 0.15) is 11.6 Å². The Bertz CT molecular complexity index is 366. The Morgan fingerprint density at radius 1 is 1.31 bits per heavy atom. The van der Waals surface area contributed by atoms with Gasteiger partial charge in [-0.05, 0) is 23.8 Å². The molecule has 0 aliphatic heterocycles. The van der Waals surface area contributed by atoms with E-state index in [0.29, 0.717) is 16.6 Å². The summed E-state index contributed by atoms with van der Waals surface area (Å²) >= 11 is 1.60. The third-order valence-electron chi connectivity index (χ3n) is 2.30. The lowest BCUT2D eigenvalue weighted by atomic mass is 10.0. The standard InChI is InChI=1S/C12H17F2NS/c1-7(2)16-6-10(15)11-9(13)5-4-8(3)12(11)14/h4-5,7,10H,6,15H2,1-3H3. The van der Waals surface area contributed by atoms with E-state index in [4.69, 9.17) is 5.73 Å². The Balaban J connectivity index is 2.90. The first-order chi connectivity index (χ1) is 7.43. The second kappa shape index (κ2) is 5.64. The van der Waals surface area contributed by atoms with Gasteiger partial charge in [-0.3, -0.25) is 0 Å². The predicted molar refractivity (Wildman–Crippen MR) is 65.6 cm³/mol. The van der Waals surface area contributed by atoms with Gasteiger partial charge >= 0.3 is 0 Å². The van der Waals surface area contributed by atoms with Gasteiger partial charge in [-0.15, -0.1) is 0 Å². The maximum atomic E-state index is 13.7. The van der Waals surface area contributed by atoms with Gasteiger partial charge in [0.15, 0.2) is 0 Å². The fourth-order valence-corrected chi connectivity index (χ4v) is 2.16. The molecule has 0 heterocycles. The van der Waals surface area contributed by atoms with Crippen LogP contribution in [0.1, 0.15) is 31.0 Å². The molecular formula is C12H17F2NS. The zero-order chi connectivity index (χ0) is 12.3. The van der Waals surface area contributed by atoms with Crippen molar-refractivity contribution >= 4 is 11.8 Å². The molecule has 0 aliphatic rings. The first kappa shape index (κ1) is 13.5. The minimum Gasteiger partial charge on any atom is -0.323 e. The van der Waals surface area contributed by atoms with Crippen LogP contribution in [0.3, 0.4) is 0 Å². The Kier molecular flexibility index (Phi) is 4.74. The van der Waals surface area contributed by atoms with Crippen LogP contribution in [0.15, 0.2) is 12.1 Å². The summed E-state index contributed by atoms with van der Waals surface area (Å²) in [5.74, 6) is -0.550. The van der Waals surface area contributed by atoms with Crippen molar-refractivity contribution in [1.29, 1.82) is 0 Å². The number of rotatable bonds is 4. The monoisotopic (exact) mass is 245 g/mol. The summed E-state index contributed by atoms with van der Waals surface area (Å²) < 4.78 is 27.2. The molecule has 0 radical (unpaired) electrons. The van der Waals surface area contributed by atoms with Crippen LogP contribution in [0, 0.1) is 18.6 Å². The minimum atomic E-state index is -0.590. The molecule has 16 heavy (non-hydrogen) atoms. The van der Waals surface area contributed by atoms with Crippen molar-refractivity contribution in [1.82, 2.24) is 0 Å². The van der Waals surface area contributed by atoms with E-state index in [1.807, 2.05) is 13.8 Å². The van der Waals surface area contributed by atoms with Crippen molar-refractivity contribution in [2.75, 3.05) is 5.75 Å². The molecular weight excluding hydrogens is 228 g/mol. The number of hydrogen-bond donors (Lipinski definition) is 1. The Hall–Kier alpha value is -0.610.